The molecule has 0 aliphatic heterocycles. The number of rotatable bonds is 7. The number of anilines is 1. The van der Waals surface area contributed by atoms with Crippen LogP contribution in [0.1, 0.15) is 43.0 Å². The Hall–Kier alpha value is -4.14. The fourth-order valence-electron chi connectivity index (χ4n) is 5.94. The van der Waals surface area contributed by atoms with E-state index in [1.54, 1.807) is 27.9 Å². The van der Waals surface area contributed by atoms with Crippen LogP contribution < -0.4 is 21.3 Å². The van der Waals surface area contributed by atoms with Crippen LogP contribution in [0.15, 0.2) is 65.0 Å². The Morgan fingerprint density at radius 2 is 1.93 bits per heavy atom. The summed E-state index contributed by atoms with van der Waals surface area (Å²) in [5.41, 5.74) is 11.2. The second kappa shape index (κ2) is 9.96. The maximum absolute atomic E-state index is 15.2. The molecule has 2 saturated carbocycles. The van der Waals surface area contributed by atoms with Gasteiger partial charge in [0.05, 0.1) is 23.1 Å². The minimum Gasteiger partial charge on any atom is -0.487 e. The number of thiazole rings is 1. The molecule has 2 aliphatic carbocycles. The highest BCUT2D eigenvalue weighted by molar-refractivity contribution is 7.27. The molecule has 2 aliphatic rings. The standard InChI is InChI=1S/C32H28FN6O2PS/c1-16-14-43-25-13-22(26(32(40)38(16)25)18-3-2-4-21(42)11-18)29(17-5-6-17)39-31-27(30(34)35-15-36-31)28(37-39)19-7-10-24(23(33)12-19)41-20-8-9-20/h2-4,7,10-15,17,20,29H,5-6,8-9,42H2,1H3,(H2,34,35,36)/t29-/m0/s1. The molecule has 216 valence electrons. The maximum atomic E-state index is 15.2. The van der Waals surface area contributed by atoms with Crippen LogP contribution in [0.4, 0.5) is 10.2 Å². The van der Waals surface area contributed by atoms with Crippen molar-refractivity contribution in [2.75, 3.05) is 5.73 Å². The van der Waals surface area contributed by atoms with Crippen molar-refractivity contribution in [3.8, 4) is 28.1 Å². The van der Waals surface area contributed by atoms with Gasteiger partial charge in [-0.1, -0.05) is 18.2 Å². The lowest BCUT2D eigenvalue weighted by atomic mass is 9.93. The molecule has 4 aromatic heterocycles. The van der Waals surface area contributed by atoms with Crippen molar-refractivity contribution in [1.29, 1.82) is 0 Å². The fourth-order valence-corrected chi connectivity index (χ4v) is 7.15. The van der Waals surface area contributed by atoms with Gasteiger partial charge in [-0.05, 0) is 85.3 Å². The number of pyridine rings is 1. The Morgan fingerprint density at radius 3 is 2.67 bits per heavy atom. The van der Waals surface area contributed by atoms with E-state index in [1.807, 2.05) is 41.3 Å². The van der Waals surface area contributed by atoms with Gasteiger partial charge < -0.3 is 10.5 Å². The number of hydrogen-bond acceptors (Lipinski definition) is 7. The highest BCUT2D eigenvalue weighted by Gasteiger charge is 2.39. The Labute approximate surface area is 252 Å². The molecule has 0 saturated heterocycles. The maximum Gasteiger partial charge on any atom is 0.264 e. The molecule has 0 radical (unpaired) electrons. The minimum absolute atomic E-state index is 0.0633. The van der Waals surface area contributed by atoms with E-state index in [-0.39, 0.29) is 35.2 Å². The number of fused-ring (bicyclic) bond motifs is 2. The third-order valence-corrected chi connectivity index (χ3v) is 9.64. The predicted octanol–water partition coefficient (Wildman–Crippen LogP) is 5.91. The minimum atomic E-state index is -0.451. The van der Waals surface area contributed by atoms with Gasteiger partial charge in [0.2, 0.25) is 0 Å². The number of aryl methyl sites for hydroxylation is 1. The van der Waals surface area contributed by atoms with Gasteiger partial charge in [-0.2, -0.15) is 5.10 Å². The summed E-state index contributed by atoms with van der Waals surface area (Å²) in [6.45, 7) is 1.95. The van der Waals surface area contributed by atoms with Crippen molar-refractivity contribution in [3.63, 3.8) is 0 Å². The Kier molecular flexibility index (Phi) is 6.14. The highest BCUT2D eigenvalue weighted by atomic mass is 32.1. The van der Waals surface area contributed by atoms with Gasteiger partial charge in [0, 0.05) is 16.6 Å². The number of halogens is 1. The van der Waals surface area contributed by atoms with E-state index >= 15 is 4.39 Å². The van der Waals surface area contributed by atoms with E-state index in [0.29, 0.717) is 27.9 Å². The van der Waals surface area contributed by atoms with Crippen LogP contribution in [0.5, 0.6) is 5.75 Å². The zero-order valence-electron chi connectivity index (χ0n) is 23.3. The lowest BCUT2D eigenvalue weighted by molar-refractivity contribution is 0.287. The van der Waals surface area contributed by atoms with Crippen LogP contribution in [-0.2, 0) is 0 Å². The summed E-state index contributed by atoms with van der Waals surface area (Å²) >= 11 is 1.54. The predicted molar refractivity (Wildman–Crippen MR) is 171 cm³/mol. The molecular weight excluding hydrogens is 582 g/mol. The number of nitrogens with zero attached hydrogens (tertiary/aromatic N) is 5. The van der Waals surface area contributed by atoms with Crippen LogP contribution in [0.2, 0.25) is 0 Å². The van der Waals surface area contributed by atoms with Gasteiger partial charge in [0.1, 0.15) is 22.7 Å². The average molecular weight is 611 g/mol. The van der Waals surface area contributed by atoms with Crippen LogP contribution in [0.3, 0.4) is 0 Å². The lowest BCUT2D eigenvalue weighted by Crippen LogP contribution is -2.23. The van der Waals surface area contributed by atoms with Crippen LogP contribution in [0.25, 0.3) is 38.2 Å². The lowest BCUT2D eigenvalue weighted by Gasteiger charge is -2.22. The Balaban J connectivity index is 1.37. The van der Waals surface area contributed by atoms with E-state index in [9.17, 15) is 4.79 Å². The molecule has 43 heavy (non-hydrogen) atoms. The van der Waals surface area contributed by atoms with E-state index in [2.05, 4.69) is 25.3 Å². The second-order valence-electron chi connectivity index (χ2n) is 11.5. The van der Waals surface area contributed by atoms with Crippen LogP contribution in [-0.4, -0.2) is 30.3 Å². The summed E-state index contributed by atoms with van der Waals surface area (Å²) in [4.78, 5) is 24.0. The number of nitrogens with two attached hydrogens (primary N) is 1. The first kappa shape index (κ1) is 26.5. The summed E-state index contributed by atoms with van der Waals surface area (Å²) in [5.74, 6) is 0.280. The summed E-state index contributed by atoms with van der Waals surface area (Å²) in [7, 11) is 2.72. The highest BCUT2D eigenvalue weighted by Crippen LogP contribution is 2.48. The van der Waals surface area contributed by atoms with Crippen molar-refractivity contribution < 1.29 is 9.13 Å². The molecular formula is C32H28FN6O2PS. The molecule has 2 fully saturated rings. The molecule has 8 nitrogen and oxygen atoms in total. The van der Waals surface area contributed by atoms with Crippen LogP contribution >= 0.6 is 20.6 Å². The number of benzene rings is 2. The van der Waals surface area contributed by atoms with Gasteiger partial charge in [-0.25, -0.2) is 19.0 Å². The molecule has 0 spiro atoms. The van der Waals surface area contributed by atoms with Crippen LogP contribution in [0, 0.1) is 18.7 Å². The molecule has 8 rings (SSSR count). The van der Waals surface area contributed by atoms with E-state index < -0.39 is 5.82 Å². The van der Waals surface area contributed by atoms with E-state index in [4.69, 9.17) is 15.6 Å². The van der Waals surface area contributed by atoms with Gasteiger partial charge in [-0.3, -0.25) is 9.20 Å². The first-order valence-corrected chi connectivity index (χ1v) is 15.8. The Bertz CT molecular complexity index is 2130. The average Bonchev–Trinajstić information content (AvgIpc) is 3.91. The summed E-state index contributed by atoms with van der Waals surface area (Å²) < 4.78 is 24.6. The number of aromatic nitrogens is 5. The fraction of sp³-hybridized carbons (Fsp3) is 0.250. The summed E-state index contributed by atoms with van der Waals surface area (Å²) in [5, 5.41) is 8.63. The van der Waals surface area contributed by atoms with Gasteiger partial charge in [0.15, 0.2) is 17.2 Å². The zero-order chi connectivity index (χ0) is 29.4. The molecule has 2 atom stereocenters. The van der Waals surface area contributed by atoms with Gasteiger partial charge >= 0.3 is 0 Å². The molecule has 1 unspecified atom stereocenters. The molecule has 2 aromatic carbocycles. The first-order valence-electron chi connectivity index (χ1n) is 14.3. The normalized spacial score (nSPS) is 15.8. The molecule has 4 heterocycles. The molecule has 0 bridgehead atoms. The van der Waals surface area contributed by atoms with Crippen molar-refractivity contribution >= 4 is 47.6 Å². The molecule has 0 amide bonds. The monoisotopic (exact) mass is 610 g/mol. The quantitative estimate of drug-likeness (QED) is 0.226. The number of hydrogen-bond donors (Lipinski definition) is 1. The van der Waals surface area contributed by atoms with Crippen molar-refractivity contribution in [2.45, 2.75) is 44.8 Å². The zero-order valence-corrected chi connectivity index (χ0v) is 25.3. The molecule has 6 aromatic rings. The first-order chi connectivity index (χ1) is 20.9. The third kappa shape index (κ3) is 4.51. The number of ether oxygens (including phenoxy) is 1. The van der Waals surface area contributed by atoms with Crippen molar-refractivity contribution in [3.05, 3.63) is 87.7 Å². The largest absolute Gasteiger partial charge is 0.487 e. The smallest absolute Gasteiger partial charge is 0.264 e. The van der Waals surface area contributed by atoms with E-state index in [1.165, 1.54) is 12.4 Å². The molecule has 11 heteroatoms. The van der Waals surface area contributed by atoms with E-state index in [0.717, 1.165) is 52.6 Å². The molecule has 2 N–H and O–H groups in total. The van der Waals surface area contributed by atoms with Crippen molar-refractivity contribution in [2.24, 2.45) is 5.92 Å². The summed E-state index contributed by atoms with van der Waals surface area (Å²) in [6.07, 6.45) is 5.35. The van der Waals surface area contributed by atoms with Gasteiger partial charge in [0.25, 0.3) is 5.56 Å². The Morgan fingerprint density at radius 1 is 1.09 bits per heavy atom. The van der Waals surface area contributed by atoms with Gasteiger partial charge in [-0.15, -0.1) is 20.6 Å². The van der Waals surface area contributed by atoms with Crippen molar-refractivity contribution in [1.82, 2.24) is 24.1 Å². The number of nitrogen functional groups attached to an aromatic ring is 1. The SMILES string of the molecule is Cc1csc2cc([C@H](C3CC3)n3nc(-c4ccc(OC5CC5)c(F)c4)c4c(N)ncnc43)c(-c3cccc(P)c3)c(=O)n12. The second-order valence-corrected chi connectivity index (χ2v) is 13.0. The summed E-state index contributed by atoms with van der Waals surface area (Å²) in [6, 6.07) is 14.7. The third-order valence-electron chi connectivity index (χ3n) is 8.28. The topological polar surface area (TPSA) is 100 Å².